The molecule has 0 aromatic carbocycles. The van der Waals surface area contributed by atoms with Crippen LogP contribution < -0.4 is 0 Å². The third-order valence-electron chi connectivity index (χ3n) is 3.12. The molecule has 88 valence electrons. The largest absolute Gasteiger partial charge is 0.299 e. The van der Waals surface area contributed by atoms with Crippen LogP contribution in [-0.2, 0) is 0 Å². The van der Waals surface area contributed by atoms with Gasteiger partial charge in [-0.3, -0.25) is 4.90 Å². The summed E-state index contributed by atoms with van der Waals surface area (Å²) in [6.45, 7) is 5.92. The average molecular weight is 219 g/mol. The molecule has 0 N–H and O–H groups in total. The van der Waals surface area contributed by atoms with Crippen molar-refractivity contribution in [3.63, 3.8) is 0 Å². The number of nitrogens with zero attached hydrogens (tertiary/aromatic N) is 3. The van der Waals surface area contributed by atoms with Crippen molar-refractivity contribution < 1.29 is 0 Å². The Morgan fingerprint density at radius 2 is 1.94 bits per heavy atom. The van der Waals surface area contributed by atoms with Crippen molar-refractivity contribution in [2.75, 3.05) is 13.1 Å². The van der Waals surface area contributed by atoms with Gasteiger partial charge in [0.1, 0.15) is 0 Å². The van der Waals surface area contributed by atoms with E-state index in [9.17, 15) is 0 Å². The van der Waals surface area contributed by atoms with Gasteiger partial charge in [0.15, 0.2) is 0 Å². The predicted molar refractivity (Wildman–Crippen MR) is 63.5 cm³/mol. The molecule has 0 atom stereocenters. The molecule has 0 heterocycles. The summed E-state index contributed by atoms with van der Waals surface area (Å²) in [5.74, 6) is 0. The molecule has 1 aliphatic carbocycles. The number of rotatable bonds is 7. The minimum absolute atomic E-state index is 0.204. The van der Waals surface area contributed by atoms with Gasteiger partial charge in [-0.15, -0.1) is 0 Å². The summed E-state index contributed by atoms with van der Waals surface area (Å²) in [5.41, 5.74) is -0.204. The molecule has 1 saturated carbocycles. The Kier molecular flexibility index (Phi) is 4.77. The molecule has 0 aromatic heterocycles. The van der Waals surface area contributed by atoms with Gasteiger partial charge in [0.25, 0.3) is 0 Å². The van der Waals surface area contributed by atoms with Crippen LogP contribution >= 0.6 is 0 Å². The monoisotopic (exact) mass is 219 g/mol. The first-order chi connectivity index (χ1) is 7.59. The van der Waals surface area contributed by atoms with Gasteiger partial charge in [-0.1, -0.05) is 0 Å². The molecule has 1 fully saturated rings. The lowest BCUT2D eigenvalue weighted by atomic mass is 9.90. The minimum Gasteiger partial charge on any atom is -0.299 e. The fraction of sp³-hybridized carbons (Fsp3) is 0.846. The fourth-order valence-corrected chi connectivity index (χ4v) is 1.89. The van der Waals surface area contributed by atoms with Gasteiger partial charge in [-0.05, 0) is 46.1 Å². The summed E-state index contributed by atoms with van der Waals surface area (Å²) in [6, 6.07) is 5.26. The Morgan fingerprint density at radius 1 is 1.25 bits per heavy atom. The highest BCUT2D eigenvalue weighted by Gasteiger charge is 2.28. The Balaban J connectivity index is 2.23. The van der Waals surface area contributed by atoms with Crippen molar-refractivity contribution in [2.24, 2.45) is 5.41 Å². The third-order valence-corrected chi connectivity index (χ3v) is 3.12. The molecule has 0 radical (unpaired) electrons. The molecule has 0 saturated heterocycles. The lowest BCUT2D eigenvalue weighted by Crippen LogP contribution is -2.29. The second-order valence-corrected chi connectivity index (χ2v) is 5.27. The Bertz CT molecular complexity index is 291. The van der Waals surface area contributed by atoms with Crippen LogP contribution in [0.5, 0.6) is 0 Å². The molecule has 3 heteroatoms. The molecule has 0 aromatic rings. The molecule has 0 aliphatic heterocycles. The SMILES string of the molecule is CC(C)(C#N)CCCN(CCC#N)C1CC1. The minimum atomic E-state index is -0.204. The standard InChI is InChI=1S/C13H21N3/c1-13(2,11-15)7-3-9-16(10-4-8-14)12-5-6-12/h12H,3-7,9-10H2,1-2H3. The summed E-state index contributed by atoms with van der Waals surface area (Å²) in [6.07, 6.45) is 5.19. The van der Waals surface area contributed by atoms with E-state index in [4.69, 9.17) is 10.5 Å². The Hall–Kier alpha value is -1.06. The van der Waals surface area contributed by atoms with Crippen LogP contribution in [0.1, 0.15) is 46.0 Å². The fourth-order valence-electron chi connectivity index (χ4n) is 1.89. The molecule has 3 nitrogen and oxygen atoms in total. The average Bonchev–Trinajstić information content (AvgIpc) is 3.07. The highest BCUT2D eigenvalue weighted by atomic mass is 15.2. The maximum absolute atomic E-state index is 8.92. The summed E-state index contributed by atoms with van der Waals surface area (Å²) < 4.78 is 0. The van der Waals surface area contributed by atoms with E-state index in [-0.39, 0.29) is 5.41 Å². The van der Waals surface area contributed by atoms with Crippen molar-refractivity contribution in [1.29, 1.82) is 10.5 Å². The zero-order valence-electron chi connectivity index (χ0n) is 10.4. The zero-order chi connectivity index (χ0) is 12.0. The van der Waals surface area contributed by atoms with Gasteiger partial charge in [-0.25, -0.2) is 0 Å². The number of nitriles is 2. The molecule has 0 spiro atoms. The van der Waals surface area contributed by atoms with Crippen molar-refractivity contribution >= 4 is 0 Å². The third kappa shape index (κ3) is 4.64. The molecule has 16 heavy (non-hydrogen) atoms. The van der Waals surface area contributed by atoms with E-state index in [1.165, 1.54) is 12.8 Å². The first kappa shape index (κ1) is 13.0. The summed E-state index contributed by atoms with van der Waals surface area (Å²) in [5, 5.41) is 17.5. The Morgan fingerprint density at radius 3 is 2.44 bits per heavy atom. The van der Waals surface area contributed by atoms with E-state index < -0.39 is 0 Å². The molecular formula is C13H21N3. The smallest absolute Gasteiger partial charge is 0.0683 e. The summed E-state index contributed by atoms with van der Waals surface area (Å²) >= 11 is 0. The zero-order valence-corrected chi connectivity index (χ0v) is 10.4. The summed E-state index contributed by atoms with van der Waals surface area (Å²) in [7, 11) is 0. The van der Waals surface area contributed by atoms with E-state index in [0.717, 1.165) is 32.0 Å². The lowest BCUT2D eigenvalue weighted by Gasteiger charge is -2.22. The van der Waals surface area contributed by atoms with E-state index in [2.05, 4.69) is 17.0 Å². The topological polar surface area (TPSA) is 50.8 Å². The van der Waals surface area contributed by atoms with Crippen LogP contribution in [0.15, 0.2) is 0 Å². The molecular weight excluding hydrogens is 198 g/mol. The van der Waals surface area contributed by atoms with Crippen molar-refractivity contribution in [2.45, 2.75) is 52.0 Å². The van der Waals surface area contributed by atoms with E-state index in [0.29, 0.717) is 6.42 Å². The molecule has 0 bridgehead atoms. The highest BCUT2D eigenvalue weighted by molar-refractivity contribution is 4.92. The van der Waals surface area contributed by atoms with Crippen molar-refractivity contribution in [1.82, 2.24) is 4.90 Å². The molecule has 1 rings (SSSR count). The predicted octanol–water partition coefficient (Wildman–Crippen LogP) is 2.69. The van der Waals surface area contributed by atoms with E-state index in [1.807, 2.05) is 13.8 Å². The first-order valence-corrected chi connectivity index (χ1v) is 6.11. The molecule has 0 unspecified atom stereocenters. The van der Waals surface area contributed by atoms with Gasteiger partial charge in [0, 0.05) is 19.0 Å². The van der Waals surface area contributed by atoms with Crippen LogP contribution in [0.4, 0.5) is 0 Å². The van der Waals surface area contributed by atoms with Crippen molar-refractivity contribution in [3.05, 3.63) is 0 Å². The van der Waals surface area contributed by atoms with E-state index in [1.54, 1.807) is 0 Å². The second-order valence-electron chi connectivity index (χ2n) is 5.27. The van der Waals surface area contributed by atoms with Crippen LogP contribution in [0, 0.1) is 28.1 Å². The normalized spacial score (nSPS) is 15.8. The van der Waals surface area contributed by atoms with Gasteiger partial charge >= 0.3 is 0 Å². The van der Waals surface area contributed by atoms with Crippen LogP contribution in [0.25, 0.3) is 0 Å². The van der Waals surface area contributed by atoms with Crippen LogP contribution in [0.2, 0.25) is 0 Å². The maximum atomic E-state index is 8.92. The van der Waals surface area contributed by atoms with Gasteiger partial charge in [0.2, 0.25) is 0 Å². The van der Waals surface area contributed by atoms with Crippen molar-refractivity contribution in [3.8, 4) is 12.1 Å². The quantitative estimate of drug-likeness (QED) is 0.661. The Labute approximate surface area is 98.7 Å². The lowest BCUT2D eigenvalue weighted by molar-refractivity contribution is 0.251. The molecule has 1 aliphatic rings. The summed E-state index contributed by atoms with van der Waals surface area (Å²) in [4.78, 5) is 2.41. The van der Waals surface area contributed by atoms with Gasteiger partial charge in [-0.2, -0.15) is 10.5 Å². The number of hydrogen-bond acceptors (Lipinski definition) is 3. The van der Waals surface area contributed by atoms with Gasteiger partial charge < -0.3 is 0 Å². The maximum Gasteiger partial charge on any atom is 0.0683 e. The molecule has 0 amide bonds. The van der Waals surface area contributed by atoms with Crippen LogP contribution in [-0.4, -0.2) is 24.0 Å². The highest BCUT2D eigenvalue weighted by Crippen LogP contribution is 2.28. The number of hydrogen-bond donors (Lipinski definition) is 0. The van der Waals surface area contributed by atoms with Gasteiger partial charge in [0.05, 0.1) is 17.6 Å². The second kappa shape index (κ2) is 5.87. The first-order valence-electron chi connectivity index (χ1n) is 6.11. The van der Waals surface area contributed by atoms with Crippen LogP contribution in [0.3, 0.4) is 0 Å². The van der Waals surface area contributed by atoms with E-state index >= 15 is 0 Å².